The molecule has 0 bridgehead atoms. The summed E-state index contributed by atoms with van der Waals surface area (Å²) in [6.45, 7) is 6.80. The van der Waals surface area contributed by atoms with Gasteiger partial charge < -0.3 is 13.6 Å². The number of hydrogen-bond donors (Lipinski definition) is 0. The fourth-order valence-corrected chi connectivity index (χ4v) is 7.97. The minimum atomic E-state index is 0.108. The fourth-order valence-electron chi connectivity index (χ4n) is 7.97. The number of fused-ring (bicyclic) bond motifs is 10. The molecule has 7 aromatic carbocycles. The van der Waals surface area contributed by atoms with Crippen LogP contribution in [0.15, 0.2) is 156 Å². The van der Waals surface area contributed by atoms with Crippen LogP contribution in [0.25, 0.3) is 88.1 Å². The van der Waals surface area contributed by atoms with E-state index in [4.69, 9.17) is 4.42 Å². The molecule has 3 heteroatoms. The van der Waals surface area contributed by atoms with Crippen LogP contribution in [0.5, 0.6) is 0 Å². The maximum atomic E-state index is 6.33. The molecule has 0 spiro atoms. The van der Waals surface area contributed by atoms with Crippen LogP contribution in [0.4, 0.5) is 0 Å². The molecular weight excluding hydrogens is 597 g/mol. The molecule has 3 nitrogen and oxygen atoms in total. The molecular formula is C46H34N2O. The van der Waals surface area contributed by atoms with E-state index in [2.05, 4.69) is 175 Å². The van der Waals surface area contributed by atoms with Crippen molar-refractivity contribution in [3.05, 3.63) is 157 Å². The van der Waals surface area contributed by atoms with Crippen LogP contribution in [0, 0.1) is 0 Å². The highest BCUT2D eigenvalue weighted by molar-refractivity contribution is 6.27. The fraction of sp³-hybridized carbons (Fsp3) is 0.0870. The molecule has 0 saturated carbocycles. The van der Waals surface area contributed by atoms with Crippen LogP contribution in [0.3, 0.4) is 0 Å². The summed E-state index contributed by atoms with van der Waals surface area (Å²) >= 11 is 0. The standard InChI is InChI=1S/C46H34N2O/c1-46(2,3)30-22-20-29(21-23-30)32-12-4-8-16-37(32)48-38-17-9-5-13-33(38)36-28-31(24-25-40(36)48)47-39-18-10-6-14-34(39)44-41(47)26-27-43-45(44)35-15-7-11-19-42(35)49-43/h4-28H,1-3H3. The Hall–Kier alpha value is -6.06. The van der Waals surface area contributed by atoms with Crippen molar-refractivity contribution in [2.24, 2.45) is 0 Å². The second-order valence-electron chi connectivity index (χ2n) is 14.2. The van der Waals surface area contributed by atoms with Gasteiger partial charge in [0.1, 0.15) is 11.2 Å². The molecule has 0 aliphatic heterocycles. The van der Waals surface area contributed by atoms with Gasteiger partial charge in [0.2, 0.25) is 0 Å². The zero-order chi connectivity index (χ0) is 32.9. The van der Waals surface area contributed by atoms with Crippen molar-refractivity contribution in [2.75, 3.05) is 0 Å². The lowest BCUT2D eigenvalue weighted by Gasteiger charge is -2.20. The largest absolute Gasteiger partial charge is 0.456 e. The molecule has 0 radical (unpaired) electrons. The van der Waals surface area contributed by atoms with Gasteiger partial charge in [-0.3, -0.25) is 0 Å². The quantitative estimate of drug-likeness (QED) is 0.190. The van der Waals surface area contributed by atoms with E-state index in [0.717, 1.165) is 22.2 Å². The van der Waals surface area contributed by atoms with Crippen molar-refractivity contribution in [3.8, 4) is 22.5 Å². The molecule has 49 heavy (non-hydrogen) atoms. The molecule has 0 fully saturated rings. The Morgan fingerprint density at radius 2 is 1.08 bits per heavy atom. The zero-order valence-electron chi connectivity index (χ0n) is 27.7. The van der Waals surface area contributed by atoms with E-state index in [9.17, 15) is 0 Å². The second kappa shape index (κ2) is 10.2. The Balaban J connectivity index is 1.23. The van der Waals surface area contributed by atoms with E-state index in [1.165, 1.54) is 71.4 Å². The molecule has 0 atom stereocenters. The highest BCUT2D eigenvalue weighted by Gasteiger charge is 2.21. The van der Waals surface area contributed by atoms with Crippen LogP contribution >= 0.6 is 0 Å². The zero-order valence-corrected chi connectivity index (χ0v) is 27.7. The summed E-state index contributed by atoms with van der Waals surface area (Å²) < 4.78 is 11.2. The van der Waals surface area contributed by atoms with Crippen molar-refractivity contribution < 1.29 is 4.42 Å². The first kappa shape index (κ1) is 28.0. The van der Waals surface area contributed by atoms with Crippen molar-refractivity contribution >= 4 is 65.6 Å². The number of rotatable bonds is 3. The van der Waals surface area contributed by atoms with Crippen LogP contribution in [0.2, 0.25) is 0 Å². The molecule has 0 N–H and O–H groups in total. The van der Waals surface area contributed by atoms with Crippen molar-refractivity contribution in [2.45, 2.75) is 26.2 Å². The van der Waals surface area contributed by atoms with Gasteiger partial charge in [0.25, 0.3) is 0 Å². The van der Waals surface area contributed by atoms with Crippen LogP contribution < -0.4 is 0 Å². The lowest BCUT2D eigenvalue weighted by molar-refractivity contribution is 0.590. The molecule has 0 aliphatic rings. The third-order valence-electron chi connectivity index (χ3n) is 10.3. The molecule has 0 saturated heterocycles. The Bertz CT molecular complexity index is 2910. The van der Waals surface area contributed by atoms with Crippen molar-refractivity contribution in [3.63, 3.8) is 0 Å². The average molecular weight is 631 g/mol. The smallest absolute Gasteiger partial charge is 0.136 e. The molecule has 3 heterocycles. The van der Waals surface area contributed by atoms with E-state index in [-0.39, 0.29) is 5.41 Å². The Morgan fingerprint density at radius 3 is 1.88 bits per heavy atom. The van der Waals surface area contributed by atoms with Crippen molar-refractivity contribution in [1.82, 2.24) is 9.13 Å². The van der Waals surface area contributed by atoms with Gasteiger partial charge in [-0.25, -0.2) is 0 Å². The molecule has 0 amide bonds. The number of para-hydroxylation sites is 4. The van der Waals surface area contributed by atoms with Gasteiger partial charge in [0.15, 0.2) is 0 Å². The van der Waals surface area contributed by atoms with E-state index in [1.54, 1.807) is 0 Å². The Labute approximate surface area is 284 Å². The number of nitrogens with zero attached hydrogens (tertiary/aromatic N) is 2. The van der Waals surface area contributed by atoms with Gasteiger partial charge in [-0.2, -0.15) is 0 Å². The molecule has 0 unspecified atom stereocenters. The predicted octanol–water partition coefficient (Wildman–Crippen LogP) is 12.7. The second-order valence-corrected chi connectivity index (χ2v) is 14.2. The van der Waals surface area contributed by atoms with E-state index in [0.29, 0.717) is 0 Å². The monoisotopic (exact) mass is 630 g/mol. The third kappa shape index (κ3) is 4.09. The van der Waals surface area contributed by atoms with Gasteiger partial charge in [0.05, 0.1) is 27.8 Å². The van der Waals surface area contributed by atoms with E-state index >= 15 is 0 Å². The SMILES string of the molecule is CC(C)(C)c1ccc(-c2ccccc2-n2c3ccccc3c3cc(-n4c5ccccc5c5c6c(ccc54)oc4ccccc46)ccc32)cc1. The lowest BCUT2D eigenvalue weighted by atomic mass is 9.86. The lowest BCUT2D eigenvalue weighted by Crippen LogP contribution is -2.10. The maximum absolute atomic E-state index is 6.33. The Morgan fingerprint density at radius 1 is 0.449 bits per heavy atom. The first-order valence-corrected chi connectivity index (χ1v) is 17.0. The van der Waals surface area contributed by atoms with Crippen LogP contribution in [-0.4, -0.2) is 9.13 Å². The summed E-state index contributed by atoms with van der Waals surface area (Å²) in [5.41, 5.74) is 12.8. The number of benzene rings is 7. The minimum Gasteiger partial charge on any atom is -0.456 e. The van der Waals surface area contributed by atoms with Gasteiger partial charge in [0, 0.05) is 43.6 Å². The first-order chi connectivity index (χ1) is 24.0. The normalized spacial score (nSPS) is 12.4. The summed E-state index contributed by atoms with van der Waals surface area (Å²) in [5.74, 6) is 0. The summed E-state index contributed by atoms with van der Waals surface area (Å²) in [7, 11) is 0. The summed E-state index contributed by atoms with van der Waals surface area (Å²) in [4.78, 5) is 0. The summed E-state index contributed by atoms with van der Waals surface area (Å²) in [6.07, 6.45) is 0. The van der Waals surface area contributed by atoms with E-state index in [1.807, 2.05) is 6.07 Å². The topological polar surface area (TPSA) is 23.0 Å². The first-order valence-electron chi connectivity index (χ1n) is 17.0. The molecule has 0 aliphatic carbocycles. The van der Waals surface area contributed by atoms with Crippen LogP contribution in [-0.2, 0) is 5.41 Å². The number of aromatic nitrogens is 2. The van der Waals surface area contributed by atoms with Gasteiger partial charge >= 0.3 is 0 Å². The summed E-state index contributed by atoms with van der Waals surface area (Å²) in [5, 5.41) is 7.24. The molecule has 234 valence electrons. The number of hydrogen-bond acceptors (Lipinski definition) is 1. The minimum absolute atomic E-state index is 0.108. The summed E-state index contributed by atoms with van der Waals surface area (Å²) in [6, 6.07) is 55.1. The van der Waals surface area contributed by atoms with Gasteiger partial charge in [-0.15, -0.1) is 0 Å². The predicted molar refractivity (Wildman–Crippen MR) is 207 cm³/mol. The van der Waals surface area contributed by atoms with Crippen molar-refractivity contribution in [1.29, 1.82) is 0 Å². The maximum Gasteiger partial charge on any atom is 0.136 e. The Kier molecular flexibility index (Phi) is 5.84. The van der Waals surface area contributed by atoms with Crippen LogP contribution in [0.1, 0.15) is 26.3 Å². The number of furan rings is 1. The van der Waals surface area contributed by atoms with Gasteiger partial charge in [-0.05, 0) is 71.1 Å². The third-order valence-corrected chi connectivity index (χ3v) is 10.3. The highest BCUT2D eigenvalue weighted by atomic mass is 16.3. The molecule has 3 aromatic heterocycles. The highest BCUT2D eigenvalue weighted by Crippen LogP contribution is 2.43. The van der Waals surface area contributed by atoms with Gasteiger partial charge in [-0.1, -0.05) is 118 Å². The molecule has 10 aromatic rings. The molecule has 10 rings (SSSR count). The average Bonchev–Trinajstić information content (AvgIpc) is 3.78. The van der Waals surface area contributed by atoms with E-state index < -0.39 is 0 Å².